The second-order valence-electron chi connectivity index (χ2n) is 7.49. The van der Waals surface area contributed by atoms with E-state index in [9.17, 15) is 4.79 Å². The third-order valence-corrected chi connectivity index (χ3v) is 7.23. The van der Waals surface area contributed by atoms with Gasteiger partial charge in [0.2, 0.25) is 5.13 Å². The first-order valence-corrected chi connectivity index (χ1v) is 11.6. The maximum Gasteiger partial charge on any atom is 0.260 e. The first kappa shape index (κ1) is 20.7. The van der Waals surface area contributed by atoms with Gasteiger partial charge in [-0.05, 0) is 25.0 Å². The van der Waals surface area contributed by atoms with Crippen LogP contribution >= 0.6 is 34.5 Å². The monoisotopic (exact) mass is 454 g/mol. The van der Waals surface area contributed by atoms with Crippen LogP contribution in [0.25, 0.3) is 0 Å². The van der Waals surface area contributed by atoms with Crippen molar-refractivity contribution in [2.45, 2.75) is 38.0 Å². The minimum atomic E-state index is -0.0548. The van der Waals surface area contributed by atoms with E-state index in [1.165, 1.54) is 37.1 Å². The van der Waals surface area contributed by atoms with Gasteiger partial charge in [-0.1, -0.05) is 53.8 Å². The normalized spacial score (nSPS) is 18.1. The number of rotatable bonds is 5. The summed E-state index contributed by atoms with van der Waals surface area (Å²) >= 11 is 13.8. The number of nitrogens with zero attached hydrogens (tertiary/aromatic N) is 4. The number of hydrogen-bond acceptors (Lipinski definition) is 6. The largest absolute Gasteiger partial charge is 0.482 e. The number of hydrogen-bond donors (Lipinski definition) is 0. The SMILES string of the molecule is O=C(COc1cc(Cl)ccc1Cl)N1CCN(c2nnc(C3CCCCC3)s2)CC1. The first-order chi connectivity index (χ1) is 14.1. The third kappa shape index (κ3) is 5.13. The van der Waals surface area contributed by atoms with Crippen molar-refractivity contribution in [2.75, 3.05) is 37.7 Å². The zero-order chi connectivity index (χ0) is 20.2. The van der Waals surface area contributed by atoms with Crippen molar-refractivity contribution >= 4 is 45.6 Å². The highest BCUT2D eigenvalue weighted by atomic mass is 35.5. The van der Waals surface area contributed by atoms with E-state index in [2.05, 4.69) is 15.1 Å². The fourth-order valence-corrected chi connectivity index (χ4v) is 5.23. The maximum absolute atomic E-state index is 12.5. The molecule has 1 saturated carbocycles. The highest BCUT2D eigenvalue weighted by Gasteiger charge is 2.25. The molecule has 1 aromatic carbocycles. The van der Waals surface area contributed by atoms with Crippen molar-refractivity contribution in [3.63, 3.8) is 0 Å². The number of piperazine rings is 1. The number of carbonyl (C=O) groups excluding carboxylic acids is 1. The lowest BCUT2D eigenvalue weighted by molar-refractivity contribution is -0.133. The van der Waals surface area contributed by atoms with Crippen LogP contribution in [0.1, 0.15) is 43.0 Å². The molecule has 1 aliphatic carbocycles. The average Bonchev–Trinajstić information content (AvgIpc) is 3.25. The Morgan fingerprint density at radius 3 is 2.62 bits per heavy atom. The van der Waals surface area contributed by atoms with Crippen molar-refractivity contribution in [3.05, 3.63) is 33.3 Å². The van der Waals surface area contributed by atoms with Crippen LogP contribution in [0.5, 0.6) is 5.75 Å². The molecule has 1 saturated heterocycles. The number of anilines is 1. The minimum absolute atomic E-state index is 0.0509. The Hall–Kier alpha value is -1.57. The van der Waals surface area contributed by atoms with E-state index < -0.39 is 0 Å². The van der Waals surface area contributed by atoms with Gasteiger partial charge < -0.3 is 14.5 Å². The van der Waals surface area contributed by atoms with Crippen LogP contribution in [0.2, 0.25) is 10.0 Å². The van der Waals surface area contributed by atoms with E-state index in [1.807, 2.05) is 4.90 Å². The lowest BCUT2D eigenvalue weighted by atomic mass is 9.90. The van der Waals surface area contributed by atoms with Crippen molar-refractivity contribution < 1.29 is 9.53 Å². The van der Waals surface area contributed by atoms with E-state index in [1.54, 1.807) is 29.5 Å². The Morgan fingerprint density at radius 2 is 1.86 bits per heavy atom. The van der Waals surface area contributed by atoms with E-state index >= 15 is 0 Å². The summed E-state index contributed by atoms with van der Waals surface area (Å²) in [6.45, 7) is 2.74. The van der Waals surface area contributed by atoms with Gasteiger partial charge in [-0.25, -0.2) is 0 Å². The molecule has 1 aliphatic heterocycles. The van der Waals surface area contributed by atoms with Gasteiger partial charge in [-0.15, -0.1) is 10.2 Å². The molecule has 2 aromatic rings. The number of carbonyl (C=O) groups is 1. The van der Waals surface area contributed by atoms with Crippen LogP contribution in [0.15, 0.2) is 18.2 Å². The summed E-state index contributed by atoms with van der Waals surface area (Å²) in [5, 5.41) is 12.0. The maximum atomic E-state index is 12.5. The lowest BCUT2D eigenvalue weighted by Crippen LogP contribution is -2.50. The molecule has 1 aromatic heterocycles. The van der Waals surface area contributed by atoms with Crippen LogP contribution in [0.4, 0.5) is 5.13 Å². The molecule has 156 valence electrons. The Labute approximate surface area is 184 Å². The van der Waals surface area contributed by atoms with Gasteiger partial charge in [0.15, 0.2) is 6.61 Å². The molecule has 0 radical (unpaired) electrons. The van der Waals surface area contributed by atoms with Crippen molar-refractivity contribution in [1.29, 1.82) is 0 Å². The molecule has 9 heteroatoms. The number of amides is 1. The van der Waals surface area contributed by atoms with Crippen LogP contribution in [-0.2, 0) is 4.79 Å². The summed E-state index contributed by atoms with van der Waals surface area (Å²) in [6, 6.07) is 4.96. The Kier molecular flexibility index (Phi) is 6.77. The fraction of sp³-hybridized carbons (Fsp3) is 0.550. The van der Waals surface area contributed by atoms with Gasteiger partial charge in [0.1, 0.15) is 10.8 Å². The predicted octanol–water partition coefficient (Wildman–Crippen LogP) is 4.62. The second-order valence-corrected chi connectivity index (χ2v) is 9.32. The Morgan fingerprint density at radius 1 is 1.10 bits per heavy atom. The summed E-state index contributed by atoms with van der Waals surface area (Å²) in [5.41, 5.74) is 0. The topological polar surface area (TPSA) is 58.6 Å². The molecule has 2 fully saturated rings. The molecule has 0 bridgehead atoms. The number of benzene rings is 1. The van der Waals surface area contributed by atoms with E-state index in [4.69, 9.17) is 27.9 Å². The molecule has 0 N–H and O–H groups in total. The predicted molar refractivity (Wildman–Crippen MR) is 116 cm³/mol. The van der Waals surface area contributed by atoms with Gasteiger partial charge in [0.05, 0.1) is 5.02 Å². The average molecular weight is 455 g/mol. The van der Waals surface area contributed by atoms with Crippen molar-refractivity contribution in [2.24, 2.45) is 0 Å². The summed E-state index contributed by atoms with van der Waals surface area (Å²) < 4.78 is 5.57. The van der Waals surface area contributed by atoms with Crippen molar-refractivity contribution in [3.8, 4) is 5.75 Å². The van der Waals surface area contributed by atoms with Gasteiger partial charge >= 0.3 is 0 Å². The third-order valence-electron chi connectivity index (χ3n) is 5.53. The first-order valence-electron chi connectivity index (χ1n) is 10.0. The fourth-order valence-electron chi connectivity index (χ4n) is 3.83. The van der Waals surface area contributed by atoms with Crippen LogP contribution in [0, 0.1) is 0 Å². The summed E-state index contributed by atoms with van der Waals surface area (Å²) in [7, 11) is 0. The van der Waals surface area contributed by atoms with Gasteiger partial charge in [0, 0.05) is 43.2 Å². The second kappa shape index (κ2) is 9.49. The zero-order valence-corrected chi connectivity index (χ0v) is 18.5. The van der Waals surface area contributed by atoms with E-state index in [0.29, 0.717) is 34.8 Å². The molecule has 29 heavy (non-hydrogen) atoms. The van der Waals surface area contributed by atoms with Gasteiger partial charge in [-0.3, -0.25) is 4.79 Å². The minimum Gasteiger partial charge on any atom is -0.482 e. The highest BCUT2D eigenvalue weighted by Crippen LogP contribution is 2.36. The Balaban J connectivity index is 1.27. The molecule has 1 amide bonds. The zero-order valence-electron chi connectivity index (χ0n) is 16.1. The molecule has 6 nitrogen and oxygen atoms in total. The smallest absolute Gasteiger partial charge is 0.260 e. The molecule has 0 atom stereocenters. The summed E-state index contributed by atoms with van der Waals surface area (Å²) in [6.07, 6.45) is 6.39. The Bertz CT molecular complexity index is 849. The molecule has 0 spiro atoms. The molecule has 0 unspecified atom stereocenters. The van der Waals surface area contributed by atoms with Crippen LogP contribution in [-0.4, -0.2) is 53.8 Å². The number of aromatic nitrogens is 2. The van der Waals surface area contributed by atoms with E-state index in [-0.39, 0.29) is 12.5 Å². The highest BCUT2D eigenvalue weighted by molar-refractivity contribution is 7.15. The summed E-state index contributed by atoms with van der Waals surface area (Å²) in [5.74, 6) is 0.949. The standard InChI is InChI=1S/C20H24Cl2N4O2S/c21-15-6-7-16(22)17(12-15)28-13-18(27)25-8-10-26(11-9-25)20-24-23-19(29-20)14-4-2-1-3-5-14/h6-7,12,14H,1-5,8-11,13H2. The number of halogens is 2. The van der Waals surface area contributed by atoms with Gasteiger partial charge in [0.25, 0.3) is 5.91 Å². The molecular weight excluding hydrogens is 431 g/mol. The molecule has 2 aliphatic rings. The summed E-state index contributed by atoms with van der Waals surface area (Å²) in [4.78, 5) is 16.5. The molecule has 4 rings (SSSR count). The quantitative estimate of drug-likeness (QED) is 0.659. The van der Waals surface area contributed by atoms with Crippen molar-refractivity contribution in [1.82, 2.24) is 15.1 Å². The van der Waals surface area contributed by atoms with Crippen LogP contribution < -0.4 is 9.64 Å². The van der Waals surface area contributed by atoms with E-state index in [0.717, 1.165) is 18.2 Å². The number of ether oxygens (including phenoxy) is 1. The molecule has 2 heterocycles. The lowest BCUT2D eigenvalue weighted by Gasteiger charge is -2.34. The molecular formula is C20H24Cl2N4O2S. The van der Waals surface area contributed by atoms with Gasteiger partial charge in [-0.2, -0.15) is 0 Å². The van der Waals surface area contributed by atoms with Crippen LogP contribution in [0.3, 0.4) is 0 Å².